The van der Waals surface area contributed by atoms with E-state index in [1.165, 1.54) is 12.1 Å². The molecule has 1 aliphatic carbocycles. The van der Waals surface area contributed by atoms with Crippen LogP contribution in [0.3, 0.4) is 0 Å². The van der Waals surface area contributed by atoms with Gasteiger partial charge in [-0.15, -0.1) is 0 Å². The maximum absolute atomic E-state index is 13.4. The number of hydrogen-bond acceptors (Lipinski definition) is 2. The zero-order chi connectivity index (χ0) is 11.6. The Bertz CT molecular complexity index is 374. The van der Waals surface area contributed by atoms with E-state index < -0.39 is 0 Å². The van der Waals surface area contributed by atoms with E-state index in [1.807, 2.05) is 0 Å². The highest BCUT2D eigenvalue weighted by Crippen LogP contribution is 2.40. The summed E-state index contributed by atoms with van der Waals surface area (Å²) < 4.78 is 13.4. The summed E-state index contributed by atoms with van der Waals surface area (Å²) in [6.45, 7) is 0.753. The Hall–Kier alpha value is -0.800. The van der Waals surface area contributed by atoms with Gasteiger partial charge in [0.15, 0.2) is 0 Å². The lowest BCUT2D eigenvalue weighted by atomic mass is 9.69. The molecule has 0 saturated heterocycles. The first-order valence-electron chi connectivity index (χ1n) is 5.45. The maximum atomic E-state index is 13.4. The standard InChI is InChI=1S/C12H15ClFNO/c13-9-2-3-10(14)11(6-9)15-7-12(8-16)4-1-5-12/h2-3,6,15-16H,1,4-5,7-8H2. The molecule has 88 valence electrons. The molecule has 16 heavy (non-hydrogen) atoms. The molecule has 0 unspecified atom stereocenters. The van der Waals surface area contributed by atoms with Gasteiger partial charge < -0.3 is 10.4 Å². The van der Waals surface area contributed by atoms with Crippen LogP contribution in [0.1, 0.15) is 19.3 Å². The molecule has 0 atom stereocenters. The summed E-state index contributed by atoms with van der Waals surface area (Å²) in [5, 5.41) is 12.8. The Morgan fingerprint density at radius 2 is 2.19 bits per heavy atom. The lowest BCUT2D eigenvalue weighted by Crippen LogP contribution is -2.39. The highest BCUT2D eigenvalue weighted by atomic mass is 35.5. The normalized spacial score (nSPS) is 17.9. The third-order valence-electron chi connectivity index (χ3n) is 3.33. The highest BCUT2D eigenvalue weighted by Gasteiger charge is 2.36. The SMILES string of the molecule is OCC1(CNc2cc(Cl)ccc2F)CCC1. The second-order valence-electron chi connectivity index (χ2n) is 4.49. The zero-order valence-electron chi connectivity index (χ0n) is 8.97. The Labute approximate surface area is 99.4 Å². The van der Waals surface area contributed by atoms with Crippen molar-refractivity contribution >= 4 is 17.3 Å². The van der Waals surface area contributed by atoms with Crippen LogP contribution in [0.2, 0.25) is 5.02 Å². The number of rotatable bonds is 4. The summed E-state index contributed by atoms with van der Waals surface area (Å²) in [6.07, 6.45) is 3.14. The molecule has 0 radical (unpaired) electrons. The van der Waals surface area contributed by atoms with Gasteiger partial charge in [-0.1, -0.05) is 18.0 Å². The van der Waals surface area contributed by atoms with Crippen LogP contribution < -0.4 is 5.32 Å². The molecule has 1 aromatic carbocycles. The van der Waals surface area contributed by atoms with Crippen molar-refractivity contribution in [3.63, 3.8) is 0 Å². The van der Waals surface area contributed by atoms with Crippen molar-refractivity contribution in [2.24, 2.45) is 5.41 Å². The van der Waals surface area contributed by atoms with E-state index in [0.717, 1.165) is 19.3 Å². The quantitative estimate of drug-likeness (QED) is 0.852. The van der Waals surface area contributed by atoms with E-state index in [2.05, 4.69) is 5.32 Å². The minimum absolute atomic E-state index is 0.0608. The average Bonchev–Trinajstić information content (AvgIpc) is 2.22. The van der Waals surface area contributed by atoms with Crippen molar-refractivity contribution < 1.29 is 9.50 Å². The fourth-order valence-corrected chi connectivity index (χ4v) is 2.16. The van der Waals surface area contributed by atoms with Gasteiger partial charge in [-0.05, 0) is 31.0 Å². The summed E-state index contributed by atoms with van der Waals surface area (Å²) in [5.41, 5.74) is 0.349. The van der Waals surface area contributed by atoms with Gasteiger partial charge in [-0.25, -0.2) is 4.39 Å². The van der Waals surface area contributed by atoms with Crippen molar-refractivity contribution in [3.8, 4) is 0 Å². The van der Waals surface area contributed by atoms with Gasteiger partial charge in [0, 0.05) is 17.0 Å². The molecule has 0 bridgehead atoms. The van der Waals surface area contributed by atoms with Gasteiger partial charge in [0.05, 0.1) is 12.3 Å². The summed E-state index contributed by atoms with van der Waals surface area (Å²) in [7, 11) is 0. The molecule has 1 saturated carbocycles. The molecule has 0 amide bonds. The Kier molecular flexibility index (Phi) is 3.36. The Balaban J connectivity index is 2.01. The number of benzene rings is 1. The highest BCUT2D eigenvalue weighted by molar-refractivity contribution is 6.30. The lowest BCUT2D eigenvalue weighted by Gasteiger charge is -2.40. The van der Waals surface area contributed by atoms with E-state index in [-0.39, 0.29) is 17.8 Å². The first-order chi connectivity index (χ1) is 7.65. The second-order valence-corrected chi connectivity index (χ2v) is 4.93. The minimum Gasteiger partial charge on any atom is -0.396 e. The first-order valence-corrected chi connectivity index (χ1v) is 5.83. The Morgan fingerprint density at radius 1 is 1.44 bits per heavy atom. The average molecular weight is 244 g/mol. The van der Waals surface area contributed by atoms with E-state index in [4.69, 9.17) is 11.6 Å². The molecular weight excluding hydrogens is 229 g/mol. The van der Waals surface area contributed by atoms with Crippen LogP contribution >= 0.6 is 11.6 Å². The van der Waals surface area contributed by atoms with Crippen LogP contribution in [0.4, 0.5) is 10.1 Å². The van der Waals surface area contributed by atoms with E-state index in [1.54, 1.807) is 6.07 Å². The number of aliphatic hydroxyl groups is 1. The van der Waals surface area contributed by atoms with E-state index >= 15 is 0 Å². The first kappa shape index (κ1) is 11.7. The minimum atomic E-state index is -0.309. The summed E-state index contributed by atoms with van der Waals surface area (Å²) >= 11 is 5.79. The number of nitrogens with one attached hydrogen (secondary N) is 1. The fraction of sp³-hybridized carbons (Fsp3) is 0.500. The van der Waals surface area contributed by atoms with Crippen LogP contribution in [0, 0.1) is 11.2 Å². The van der Waals surface area contributed by atoms with Crippen molar-refractivity contribution in [3.05, 3.63) is 29.0 Å². The van der Waals surface area contributed by atoms with Gasteiger partial charge in [-0.2, -0.15) is 0 Å². The van der Waals surface area contributed by atoms with E-state index in [9.17, 15) is 9.50 Å². The molecule has 1 aliphatic rings. The molecular formula is C12H15ClFNO. The van der Waals surface area contributed by atoms with Crippen molar-refractivity contribution in [2.75, 3.05) is 18.5 Å². The lowest BCUT2D eigenvalue weighted by molar-refractivity contribution is 0.0576. The van der Waals surface area contributed by atoms with Crippen molar-refractivity contribution in [2.45, 2.75) is 19.3 Å². The maximum Gasteiger partial charge on any atom is 0.146 e. The predicted molar refractivity (Wildman–Crippen MR) is 63.3 cm³/mol. The van der Waals surface area contributed by atoms with Crippen LogP contribution in [0.15, 0.2) is 18.2 Å². The van der Waals surface area contributed by atoms with Gasteiger partial charge in [0.2, 0.25) is 0 Å². The molecule has 2 N–H and O–H groups in total. The van der Waals surface area contributed by atoms with Crippen LogP contribution in [-0.2, 0) is 0 Å². The molecule has 2 rings (SSSR count). The predicted octanol–water partition coefficient (Wildman–Crippen LogP) is 3.05. The molecule has 1 aromatic rings. The van der Waals surface area contributed by atoms with Crippen LogP contribution in [0.25, 0.3) is 0 Å². The number of anilines is 1. The zero-order valence-corrected chi connectivity index (χ0v) is 9.73. The topological polar surface area (TPSA) is 32.3 Å². The number of hydrogen-bond donors (Lipinski definition) is 2. The van der Waals surface area contributed by atoms with Gasteiger partial charge in [0.25, 0.3) is 0 Å². The third-order valence-corrected chi connectivity index (χ3v) is 3.57. The Morgan fingerprint density at radius 3 is 2.75 bits per heavy atom. The fourth-order valence-electron chi connectivity index (χ4n) is 1.98. The molecule has 0 aliphatic heterocycles. The van der Waals surface area contributed by atoms with Crippen LogP contribution in [0.5, 0.6) is 0 Å². The second kappa shape index (κ2) is 4.60. The molecule has 0 heterocycles. The van der Waals surface area contributed by atoms with Crippen molar-refractivity contribution in [1.82, 2.24) is 0 Å². The molecule has 1 fully saturated rings. The van der Waals surface area contributed by atoms with Crippen LogP contribution in [-0.4, -0.2) is 18.3 Å². The summed E-state index contributed by atoms with van der Waals surface area (Å²) in [6, 6.07) is 4.44. The van der Waals surface area contributed by atoms with E-state index in [0.29, 0.717) is 17.3 Å². The largest absolute Gasteiger partial charge is 0.396 e. The molecule has 0 spiro atoms. The summed E-state index contributed by atoms with van der Waals surface area (Å²) in [5.74, 6) is -0.309. The van der Waals surface area contributed by atoms with Gasteiger partial charge >= 0.3 is 0 Å². The van der Waals surface area contributed by atoms with Gasteiger partial charge in [0.1, 0.15) is 5.82 Å². The molecule has 2 nitrogen and oxygen atoms in total. The van der Waals surface area contributed by atoms with Crippen molar-refractivity contribution in [1.29, 1.82) is 0 Å². The molecule has 0 aromatic heterocycles. The third kappa shape index (κ3) is 2.30. The monoisotopic (exact) mass is 243 g/mol. The number of halogens is 2. The summed E-state index contributed by atoms with van der Waals surface area (Å²) in [4.78, 5) is 0. The van der Waals surface area contributed by atoms with Gasteiger partial charge in [-0.3, -0.25) is 0 Å². The smallest absolute Gasteiger partial charge is 0.146 e. The number of aliphatic hydroxyl groups excluding tert-OH is 1. The molecule has 4 heteroatoms.